The van der Waals surface area contributed by atoms with Gasteiger partial charge in [0.2, 0.25) is 0 Å². The van der Waals surface area contributed by atoms with E-state index >= 15 is 0 Å². The molecule has 6 heteroatoms. The van der Waals surface area contributed by atoms with E-state index in [1.54, 1.807) is 6.92 Å². The van der Waals surface area contributed by atoms with Gasteiger partial charge in [-0.3, -0.25) is 4.55 Å². The molecule has 0 rings (SSSR count). The smallest absolute Gasteiger partial charge is 0.265 e. The Balaban J connectivity index is 0. The summed E-state index contributed by atoms with van der Waals surface area (Å²) in [6.45, 7) is 1.71. The molecule has 64 valence electrons. The summed E-state index contributed by atoms with van der Waals surface area (Å²) in [7, 11) is -3.78. The molecule has 0 amide bonds. The van der Waals surface area contributed by atoms with Gasteiger partial charge in [-0.15, -0.1) is 0 Å². The second-order valence-corrected chi connectivity index (χ2v) is 3.90. The topological polar surface area (TPSA) is 89.4 Å². The van der Waals surface area contributed by atoms with E-state index < -0.39 is 10.1 Å². The lowest BCUT2D eigenvalue weighted by Crippen LogP contribution is -2.13. The molecule has 0 aliphatic heterocycles. The van der Waals surface area contributed by atoms with E-state index in [0.29, 0.717) is 5.75 Å². The van der Waals surface area contributed by atoms with Gasteiger partial charge in [-0.2, -0.15) is 21.0 Å². The molecule has 0 aromatic heterocycles. The summed E-state index contributed by atoms with van der Waals surface area (Å²) in [5.74, 6) is 0.194. The third-order valence-corrected chi connectivity index (χ3v) is 2.42. The van der Waals surface area contributed by atoms with Crippen LogP contribution in [0.3, 0.4) is 0 Å². The first-order valence-corrected chi connectivity index (χ1v) is 4.76. The Morgan fingerprint density at radius 2 is 2.00 bits per heavy atom. The summed E-state index contributed by atoms with van der Waals surface area (Å²) in [6.07, 6.45) is 0. The van der Waals surface area contributed by atoms with Crippen molar-refractivity contribution in [1.29, 1.82) is 0 Å². The van der Waals surface area contributed by atoms with Gasteiger partial charge in [0, 0.05) is 0 Å². The SMILES string of the molecule is CC(CS)CS(=O)(=O)O.N. The summed E-state index contributed by atoms with van der Waals surface area (Å²) in [6, 6.07) is 0. The number of hydrogen-bond acceptors (Lipinski definition) is 4. The molecular weight excluding hydrogens is 174 g/mol. The van der Waals surface area contributed by atoms with Crippen LogP contribution in [0.15, 0.2) is 0 Å². The van der Waals surface area contributed by atoms with Crippen LogP contribution in [0, 0.1) is 5.92 Å². The van der Waals surface area contributed by atoms with Crippen LogP contribution in [0.4, 0.5) is 0 Å². The monoisotopic (exact) mass is 187 g/mol. The molecule has 1 atom stereocenters. The van der Waals surface area contributed by atoms with Crippen molar-refractivity contribution in [2.45, 2.75) is 6.92 Å². The highest BCUT2D eigenvalue weighted by Gasteiger charge is 2.09. The molecule has 0 saturated carbocycles. The van der Waals surface area contributed by atoms with Crippen LogP contribution in [-0.4, -0.2) is 24.5 Å². The first kappa shape index (κ1) is 12.9. The summed E-state index contributed by atoms with van der Waals surface area (Å²) >= 11 is 3.85. The summed E-state index contributed by atoms with van der Waals surface area (Å²) < 4.78 is 28.5. The minimum atomic E-state index is -3.78. The van der Waals surface area contributed by atoms with Crippen molar-refractivity contribution in [2.75, 3.05) is 11.5 Å². The zero-order valence-electron chi connectivity index (χ0n) is 5.82. The molecular formula is C4H13NO3S2. The second-order valence-electron chi connectivity index (χ2n) is 2.04. The lowest BCUT2D eigenvalue weighted by Gasteiger charge is -2.02. The Hall–Kier alpha value is 0.220. The molecule has 1 unspecified atom stereocenters. The molecule has 0 aliphatic rings. The fourth-order valence-electron chi connectivity index (χ4n) is 0.412. The number of rotatable bonds is 3. The fraction of sp³-hybridized carbons (Fsp3) is 1.00. The summed E-state index contributed by atoms with van der Waals surface area (Å²) in [5.41, 5.74) is 0. The third kappa shape index (κ3) is 8.22. The van der Waals surface area contributed by atoms with Gasteiger partial charge in [-0.1, -0.05) is 6.92 Å². The standard InChI is InChI=1S/C4H10O3S2.H3N/c1-4(2-8)3-9(5,6)7;/h4,8H,2-3H2,1H3,(H,5,6,7);1H3. The largest absolute Gasteiger partial charge is 0.344 e. The van der Waals surface area contributed by atoms with Crippen LogP contribution < -0.4 is 6.15 Å². The lowest BCUT2D eigenvalue weighted by molar-refractivity contribution is 0.474. The Morgan fingerprint density at radius 1 is 1.60 bits per heavy atom. The molecule has 0 aliphatic carbocycles. The van der Waals surface area contributed by atoms with E-state index in [1.807, 2.05) is 0 Å². The van der Waals surface area contributed by atoms with Crippen molar-refractivity contribution in [3.8, 4) is 0 Å². The van der Waals surface area contributed by atoms with Crippen LogP contribution in [0.2, 0.25) is 0 Å². The molecule has 0 aromatic carbocycles. The van der Waals surface area contributed by atoms with Crippen LogP contribution in [0.25, 0.3) is 0 Å². The van der Waals surface area contributed by atoms with Crippen LogP contribution in [0.5, 0.6) is 0 Å². The van der Waals surface area contributed by atoms with Crippen molar-refractivity contribution in [3.63, 3.8) is 0 Å². The van der Waals surface area contributed by atoms with Gasteiger partial charge < -0.3 is 6.15 Å². The van der Waals surface area contributed by atoms with E-state index in [4.69, 9.17) is 4.55 Å². The molecule has 0 heterocycles. The molecule has 0 spiro atoms. The van der Waals surface area contributed by atoms with Gasteiger partial charge in [0.05, 0.1) is 5.75 Å². The number of thiol groups is 1. The highest BCUT2D eigenvalue weighted by molar-refractivity contribution is 7.85. The van der Waals surface area contributed by atoms with Crippen LogP contribution in [-0.2, 0) is 10.1 Å². The Kier molecular flexibility index (Phi) is 6.36. The van der Waals surface area contributed by atoms with Crippen molar-refractivity contribution in [3.05, 3.63) is 0 Å². The predicted molar refractivity (Wildman–Crippen MR) is 44.5 cm³/mol. The van der Waals surface area contributed by atoms with Gasteiger partial charge in [-0.25, -0.2) is 0 Å². The van der Waals surface area contributed by atoms with Gasteiger partial charge in [0.15, 0.2) is 0 Å². The highest BCUT2D eigenvalue weighted by atomic mass is 32.2. The zero-order valence-corrected chi connectivity index (χ0v) is 7.53. The maximum absolute atomic E-state index is 10.1. The maximum Gasteiger partial charge on any atom is 0.265 e. The molecule has 0 aromatic rings. The molecule has 0 bridgehead atoms. The van der Waals surface area contributed by atoms with Crippen molar-refractivity contribution >= 4 is 22.7 Å². The van der Waals surface area contributed by atoms with E-state index in [9.17, 15) is 8.42 Å². The number of hydrogen-bond donors (Lipinski definition) is 3. The Bertz CT molecular complexity index is 165. The molecule has 0 saturated heterocycles. The van der Waals surface area contributed by atoms with E-state index in [1.165, 1.54) is 0 Å². The minimum Gasteiger partial charge on any atom is -0.344 e. The lowest BCUT2D eigenvalue weighted by atomic mass is 10.3. The second kappa shape index (κ2) is 4.95. The van der Waals surface area contributed by atoms with Crippen LogP contribution >= 0.6 is 12.6 Å². The molecule has 0 radical (unpaired) electrons. The first-order chi connectivity index (χ1) is 3.95. The maximum atomic E-state index is 10.1. The van der Waals surface area contributed by atoms with Gasteiger partial charge >= 0.3 is 0 Å². The van der Waals surface area contributed by atoms with Gasteiger partial charge in [-0.05, 0) is 11.7 Å². The molecule has 4 nitrogen and oxygen atoms in total. The van der Waals surface area contributed by atoms with Gasteiger partial charge in [0.25, 0.3) is 10.1 Å². The molecule has 10 heavy (non-hydrogen) atoms. The van der Waals surface area contributed by atoms with Crippen LogP contribution in [0.1, 0.15) is 6.92 Å². The molecule has 4 N–H and O–H groups in total. The Morgan fingerprint density at radius 3 is 2.10 bits per heavy atom. The van der Waals surface area contributed by atoms with Crippen molar-refractivity contribution < 1.29 is 13.0 Å². The first-order valence-electron chi connectivity index (χ1n) is 2.51. The normalized spacial score (nSPS) is 13.9. The van der Waals surface area contributed by atoms with E-state index in [2.05, 4.69) is 12.6 Å². The zero-order chi connectivity index (χ0) is 7.49. The summed E-state index contributed by atoms with van der Waals surface area (Å²) in [5, 5.41) is 0. The minimum absolute atomic E-state index is 0. The molecule has 0 fully saturated rings. The predicted octanol–water partition coefficient (Wildman–Crippen LogP) is 0.602. The Labute approximate surface area is 66.8 Å². The fourth-order valence-corrected chi connectivity index (χ4v) is 1.55. The van der Waals surface area contributed by atoms with Crippen molar-refractivity contribution in [1.82, 2.24) is 6.15 Å². The van der Waals surface area contributed by atoms with E-state index in [0.717, 1.165) is 0 Å². The third-order valence-electron chi connectivity index (χ3n) is 0.807. The quantitative estimate of drug-likeness (QED) is 0.446. The summed E-state index contributed by atoms with van der Waals surface area (Å²) in [4.78, 5) is 0. The highest BCUT2D eigenvalue weighted by Crippen LogP contribution is 2.00. The van der Waals surface area contributed by atoms with E-state index in [-0.39, 0.29) is 17.8 Å². The average Bonchev–Trinajstić information content (AvgIpc) is 1.62. The average molecular weight is 187 g/mol. The van der Waals surface area contributed by atoms with Crippen molar-refractivity contribution in [2.24, 2.45) is 5.92 Å². The van der Waals surface area contributed by atoms with Gasteiger partial charge in [0.1, 0.15) is 0 Å².